The van der Waals surface area contributed by atoms with Crippen molar-refractivity contribution in [3.8, 4) is 0 Å². The fraction of sp³-hybridized carbons (Fsp3) is 0.300. The van der Waals surface area contributed by atoms with Crippen LogP contribution in [-0.2, 0) is 11.2 Å². The lowest BCUT2D eigenvalue weighted by atomic mass is 10.1. The normalized spacial score (nSPS) is 11.4. The molecule has 0 bridgehead atoms. The van der Waals surface area contributed by atoms with Crippen molar-refractivity contribution < 1.29 is 31.1 Å². The minimum Gasteiger partial charge on any atom is -0.348 e. The van der Waals surface area contributed by atoms with Gasteiger partial charge < -0.3 is 5.32 Å². The summed E-state index contributed by atoms with van der Waals surface area (Å²) in [6, 6.07) is 0.813. The number of nitrogens with one attached hydrogen (secondary N) is 1. The van der Waals surface area contributed by atoms with Crippen LogP contribution in [0.25, 0.3) is 0 Å². The van der Waals surface area contributed by atoms with Crippen molar-refractivity contribution >= 4 is 5.91 Å². The topological polar surface area (TPSA) is 29.1 Å². The van der Waals surface area contributed by atoms with Crippen LogP contribution in [0.2, 0.25) is 0 Å². The highest BCUT2D eigenvalue weighted by Gasteiger charge is 2.38. The first kappa shape index (κ1) is 14.3. The molecule has 2 nitrogen and oxygen atoms in total. The maximum atomic E-state index is 13.1. The molecule has 1 aromatic rings. The van der Waals surface area contributed by atoms with E-state index in [1.165, 1.54) is 5.32 Å². The first-order chi connectivity index (χ1) is 8.21. The average molecular weight is 271 g/mol. The molecule has 0 atom stereocenters. The SMILES string of the molecule is O=C(NCCc1c(F)cc(F)cc1F)C(F)(F)F. The van der Waals surface area contributed by atoms with Crippen LogP contribution in [0.3, 0.4) is 0 Å². The van der Waals surface area contributed by atoms with Crippen LogP contribution in [0, 0.1) is 17.5 Å². The smallest absolute Gasteiger partial charge is 0.348 e. The summed E-state index contributed by atoms with van der Waals surface area (Å²) < 4.78 is 74.0. The Morgan fingerprint density at radius 1 is 1.11 bits per heavy atom. The van der Waals surface area contributed by atoms with Crippen molar-refractivity contribution in [1.82, 2.24) is 5.32 Å². The molecule has 0 aliphatic heterocycles. The van der Waals surface area contributed by atoms with E-state index >= 15 is 0 Å². The summed E-state index contributed by atoms with van der Waals surface area (Å²) in [6.07, 6.45) is -5.57. The Bertz CT molecular complexity index is 433. The lowest BCUT2D eigenvalue weighted by molar-refractivity contribution is -0.173. The number of carbonyl (C=O) groups excluding carboxylic acids is 1. The largest absolute Gasteiger partial charge is 0.471 e. The van der Waals surface area contributed by atoms with Crippen molar-refractivity contribution in [2.24, 2.45) is 0 Å². The summed E-state index contributed by atoms with van der Waals surface area (Å²) >= 11 is 0. The molecule has 18 heavy (non-hydrogen) atoms. The number of hydrogen-bond donors (Lipinski definition) is 1. The van der Waals surface area contributed by atoms with Gasteiger partial charge in [-0.3, -0.25) is 4.79 Å². The van der Waals surface area contributed by atoms with Gasteiger partial charge in [-0.05, 0) is 6.42 Å². The zero-order valence-electron chi connectivity index (χ0n) is 8.74. The fourth-order valence-corrected chi connectivity index (χ4v) is 1.21. The van der Waals surface area contributed by atoms with Crippen LogP contribution < -0.4 is 5.32 Å². The van der Waals surface area contributed by atoms with Crippen molar-refractivity contribution in [2.45, 2.75) is 12.6 Å². The molecule has 0 heterocycles. The number of hydrogen-bond acceptors (Lipinski definition) is 1. The van der Waals surface area contributed by atoms with E-state index in [-0.39, 0.29) is 0 Å². The van der Waals surface area contributed by atoms with Gasteiger partial charge in [0.15, 0.2) is 0 Å². The molecule has 0 radical (unpaired) electrons. The summed E-state index contributed by atoms with van der Waals surface area (Å²) in [6.45, 7) is -0.613. The van der Waals surface area contributed by atoms with Crippen LogP contribution in [0.5, 0.6) is 0 Å². The van der Waals surface area contributed by atoms with E-state index in [0.717, 1.165) is 0 Å². The third kappa shape index (κ3) is 3.64. The van der Waals surface area contributed by atoms with Gasteiger partial charge >= 0.3 is 12.1 Å². The number of alkyl halides is 3. The Morgan fingerprint density at radius 2 is 1.61 bits per heavy atom. The third-order valence-electron chi connectivity index (χ3n) is 2.02. The molecule has 0 saturated heterocycles. The summed E-state index contributed by atoms with van der Waals surface area (Å²) in [5.41, 5.74) is -0.584. The molecule has 0 fully saturated rings. The first-order valence-corrected chi connectivity index (χ1v) is 4.70. The molecule has 1 aromatic carbocycles. The lowest BCUT2D eigenvalue weighted by Crippen LogP contribution is -2.37. The first-order valence-electron chi connectivity index (χ1n) is 4.70. The lowest BCUT2D eigenvalue weighted by Gasteiger charge is -2.09. The van der Waals surface area contributed by atoms with Gasteiger partial charge in [-0.1, -0.05) is 0 Å². The van der Waals surface area contributed by atoms with Crippen LogP contribution >= 0.6 is 0 Å². The minimum atomic E-state index is -5.06. The molecule has 0 aliphatic carbocycles. The van der Waals surface area contributed by atoms with Crippen molar-refractivity contribution in [3.05, 3.63) is 35.1 Å². The Kier molecular flexibility index (Phi) is 4.20. The van der Waals surface area contributed by atoms with E-state index < -0.39 is 48.1 Å². The van der Waals surface area contributed by atoms with E-state index in [0.29, 0.717) is 12.1 Å². The maximum Gasteiger partial charge on any atom is 0.471 e. The molecule has 100 valence electrons. The molecular weight excluding hydrogens is 264 g/mol. The second-order valence-electron chi connectivity index (χ2n) is 3.35. The number of halogens is 6. The van der Waals surface area contributed by atoms with Crippen molar-refractivity contribution in [1.29, 1.82) is 0 Å². The van der Waals surface area contributed by atoms with E-state index in [4.69, 9.17) is 0 Å². The van der Waals surface area contributed by atoms with E-state index in [1.54, 1.807) is 0 Å². The summed E-state index contributed by atoms with van der Waals surface area (Å²) in [5, 5.41) is 1.45. The monoisotopic (exact) mass is 271 g/mol. The molecule has 0 aromatic heterocycles. The second kappa shape index (κ2) is 5.28. The molecule has 0 aliphatic rings. The number of amides is 1. The molecule has 0 saturated carbocycles. The summed E-state index contributed by atoms with van der Waals surface area (Å²) in [5.74, 6) is -5.76. The van der Waals surface area contributed by atoms with Gasteiger partial charge in [0.05, 0.1) is 0 Å². The number of carbonyl (C=O) groups is 1. The third-order valence-corrected chi connectivity index (χ3v) is 2.02. The standard InChI is InChI=1S/C10H7F6NO/c11-5-3-7(12)6(8(13)4-5)1-2-17-9(18)10(14,15)16/h3-4H,1-2H2,(H,17,18). The molecular formula is C10H7F6NO. The minimum absolute atomic E-state index is 0.407. The highest BCUT2D eigenvalue weighted by atomic mass is 19.4. The number of benzene rings is 1. The molecule has 8 heteroatoms. The highest BCUT2D eigenvalue weighted by molar-refractivity contribution is 5.81. The fourth-order valence-electron chi connectivity index (χ4n) is 1.21. The van der Waals surface area contributed by atoms with E-state index in [9.17, 15) is 31.1 Å². The predicted molar refractivity (Wildman–Crippen MR) is 49.1 cm³/mol. The maximum absolute atomic E-state index is 13.1. The van der Waals surface area contributed by atoms with Gasteiger partial charge in [0.25, 0.3) is 0 Å². The molecule has 1 rings (SSSR count). The number of rotatable bonds is 3. The van der Waals surface area contributed by atoms with Crippen LogP contribution in [-0.4, -0.2) is 18.6 Å². The molecule has 0 unspecified atom stereocenters. The second-order valence-corrected chi connectivity index (χ2v) is 3.35. The van der Waals surface area contributed by atoms with Gasteiger partial charge in [-0.2, -0.15) is 13.2 Å². The van der Waals surface area contributed by atoms with Gasteiger partial charge in [0.2, 0.25) is 0 Å². The summed E-state index contributed by atoms with van der Waals surface area (Å²) in [4.78, 5) is 10.4. The van der Waals surface area contributed by atoms with E-state index in [1.807, 2.05) is 0 Å². The van der Waals surface area contributed by atoms with Crippen LogP contribution in [0.1, 0.15) is 5.56 Å². The predicted octanol–water partition coefficient (Wildman–Crippen LogP) is 2.32. The zero-order valence-corrected chi connectivity index (χ0v) is 8.74. The summed E-state index contributed by atoms with van der Waals surface area (Å²) in [7, 11) is 0. The van der Waals surface area contributed by atoms with Gasteiger partial charge in [0.1, 0.15) is 17.5 Å². The van der Waals surface area contributed by atoms with Crippen molar-refractivity contribution in [3.63, 3.8) is 0 Å². The van der Waals surface area contributed by atoms with E-state index in [2.05, 4.69) is 0 Å². The van der Waals surface area contributed by atoms with Crippen molar-refractivity contribution in [2.75, 3.05) is 6.54 Å². The van der Waals surface area contributed by atoms with Gasteiger partial charge in [0, 0.05) is 24.2 Å². The highest BCUT2D eigenvalue weighted by Crippen LogP contribution is 2.16. The zero-order chi connectivity index (χ0) is 13.9. The average Bonchev–Trinajstić information content (AvgIpc) is 2.19. The van der Waals surface area contributed by atoms with Crippen LogP contribution in [0.15, 0.2) is 12.1 Å². The quantitative estimate of drug-likeness (QED) is 0.840. The Balaban J connectivity index is 2.63. The van der Waals surface area contributed by atoms with Gasteiger partial charge in [-0.15, -0.1) is 0 Å². The Morgan fingerprint density at radius 3 is 2.06 bits per heavy atom. The molecule has 1 N–H and O–H groups in total. The Labute approximate surface area is 97.6 Å². The van der Waals surface area contributed by atoms with Gasteiger partial charge in [-0.25, -0.2) is 13.2 Å². The van der Waals surface area contributed by atoms with Crippen LogP contribution in [0.4, 0.5) is 26.3 Å². The molecule has 1 amide bonds. The Hall–Kier alpha value is -1.73. The molecule has 0 spiro atoms.